The number of aryl methyl sites for hydroxylation is 1. The number of thioether (sulfide) groups is 1. The highest BCUT2D eigenvalue weighted by Crippen LogP contribution is 2.55. The second-order valence-electron chi connectivity index (χ2n) is 9.68. The molecule has 2 aromatic rings. The van der Waals surface area contributed by atoms with E-state index in [2.05, 4.69) is 10.4 Å². The summed E-state index contributed by atoms with van der Waals surface area (Å²) in [4.78, 5) is 13.1. The molecule has 4 N–H and O–H groups in total. The Kier molecular flexibility index (Phi) is 5.66. The molecule has 3 saturated carbocycles. The minimum Gasteiger partial charge on any atom is -0.389 e. The number of nitrogens with one attached hydrogen (secondary N) is 1. The molecule has 1 aromatic heterocycles. The molecule has 5 rings (SSSR count). The van der Waals surface area contributed by atoms with Gasteiger partial charge < -0.3 is 16.2 Å². The van der Waals surface area contributed by atoms with Crippen molar-refractivity contribution in [3.63, 3.8) is 0 Å². The van der Waals surface area contributed by atoms with Crippen molar-refractivity contribution in [2.75, 3.05) is 16.8 Å². The Labute approximate surface area is 196 Å². The molecule has 9 heteroatoms. The van der Waals surface area contributed by atoms with Crippen LogP contribution in [0.5, 0.6) is 0 Å². The lowest BCUT2D eigenvalue weighted by atomic mass is 9.92. The van der Waals surface area contributed by atoms with Gasteiger partial charge in [0.05, 0.1) is 16.3 Å². The smallest absolute Gasteiger partial charge is 0.261 e. The van der Waals surface area contributed by atoms with Gasteiger partial charge in [0.25, 0.3) is 5.91 Å². The minimum atomic E-state index is -0.557. The molecule has 3 aliphatic rings. The van der Waals surface area contributed by atoms with Crippen molar-refractivity contribution in [1.29, 1.82) is 0 Å². The van der Waals surface area contributed by atoms with Crippen molar-refractivity contribution in [2.24, 2.45) is 18.9 Å². The number of halogens is 2. The van der Waals surface area contributed by atoms with Crippen molar-refractivity contribution in [1.82, 2.24) is 9.78 Å². The van der Waals surface area contributed by atoms with Gasteiger partial charge in [0.15, 0.2) is 0 Å². The van der Waals surface area contributed by atoms with E-state index in [1.165, 1.54) is 31.0 Å². The minimum absolute atomic E-state index is 0.0573. The second-order valence-corrected chi connectivity index (χ2v) is 11.4. The number of carbonyl (C=O) groups is 1. The molecule has 3 fully saturated rings. The van der Waals surface area contributed by atoms with Crippen LogP contribution in [0.4, 0.5) is 15.9 Å². The van der Waals surface area contributed by atoms with E-state index in [1.54, 1.807) is 11.7 Å². The molecular formula is C23H28ClFN4O2S. The Morgan fingerprint density at radius 2 is 2.06 bits per heavy atom. The summed E-state index contributed by atoms with van der Waals surface area (Å²) in [5.41, 5.74) is 7.15. The maximum Gasteiger partial charge on any atom is 0.261 e. The first-order valence-corrected chi connectivity index (χ1v) is 12.6. The zero-order valence-corrected chi connectivity index (χ0v) is 19.6. The number of nitrogens with two attached hydrogens (primary N) is 1. The predicted octanol–water partition coefficient (Wildman–Crippen LogP) is 4.58. The third kappa shape index (κ3) is 4.24. The Balaban J connectivity index is 1.30. The summed E-state index contributed by atoms with van der Waals surface area (Å²) in [6.45, 7) is 0. The molecule has 0 spiro atoms. The summed E-state index contributed by atoms with van der Waals surface area (Å²) in [6.07, 6.45) is 6.02. The number of rotatable bonds is 6. The van der Waals surface area contributed by atoms with Gasteiger partial charge >= 0.3 is 0 Å². The van der Waals surface area contributed by atoms with Gasteiger partial charge in [0.1, 0.15) is 17.2 Å². The van der Waals surface area contributed by atoms with Gasteiger partial charge in [-0.05, 0) is 68.6 Å². The highest BCUT2D eigenvalue weighted by atomic mass is 35.5. The number of nitrogen functional groups attached to an aromatic ring is 1. The molecule has 172 valence electrons. The van der Waals surface area contributed by atoms with Crippen LogP contribution in [-0.4, -0.2) is 37.4 Å². The van der Waals surface area contributed by atoms with Crippen LogP contribution in [0.1, 0.15) is 60.5 Å². The summed E-state index contributed by atoms with van der Waals surface area (Å²) in [7, 11) is 1.73. The van der Waals surface area contributed by atoms with E-state index < -0.39 is 11.4 Å². The third-order valence-electron chi connectivity index (χ3n) is 7.15. The largest absolute Gasteiger partial charge is 0.389 e. The Morgan fingerprint density at radius 1 is 1.38 bits per heavy atom. The molecule has 0 bridgehead atoms. The normalized spacial score (nSPS) is 29.3. The fraction of sp³-hybridized carbons (Fsp3) is 0.565. The zero-order chi connectivity index (χ0) is 22.6. The molecule has 1 aromatic carbocycles. The van der Waals surface area contributed by atoms with E-state index in [0.717, 1.165) is 36.7 Å². The number of anilines is 2. The predicted molar refractivity (Wildman–Crippen MR) is 126 cm³/mol. The van der Waals surface area contributed by atoms with Crippen LogP contribution >= 0.6 is 23.4 Å². The van der Waals surface area contributed by atoms with Crippen LogP contribution < -0.4 is 11.1 Å². The van der Waals surface area contributed by atoms with E-state index in [9.17, 15) is 14.3 Å². The van der Waals surface area contributed by atoms with E-state index in [4.69, 9.17) is 17.3 Å². The molecular weight excluding hydrogens is 451 g/mol. The van der Waals surface area contributed by atoms with Crippen LogP contribution in [0.2, 0.25) is 5.02 Å². The first-order valence-electron chi connectivity index (χ1n) is 11.1. The van der Waals surface area contributed by atoms with E-state index in [-0.39, 0.29) is 16.8 Å². The van der Waals surface area contributed by atoms with Crippen LogP contribution in [-0.2, 0) is 7.05 Å². The molecule has 0 radical (unpaired) electrons. The van der Waals surface area contributed by atoms with Crippen LogP contribution in [0.25, 0.3) is 0 Å². The summed E-state index contributed by atoms with van der Waals surface area (Å²) in [5.74, 6) is 1.24. The number of benzene rings is 1. The van der Waals surface area contributed by atoms with E-state index in [1.807, 2.05) is 11.8 Å². The van der Waals surface area contributed by atoms with Crippen molar-refractivity contribution in [3.8, 4) is 0 Å². The Hall–Kier alpha value is -1.77. The number of hydrogen-bond donors (Lipinski definition) is 3. The summed E-state index contributed by atoms with van der Waals surface area (Å²) >= 11 is 7.77. The highest BCUT2D eigenvalue weighted by Gasteiger charge is 2.50. The van der Waals surface area contributed by atoms with Gasteiger partial charge in [0.2, 0.25) is 0 Å². The summed E-state index contributed by atoms with van der Waals surface area (Å²) in [5, 5.41) is 19.1. The average molecular weight is 479 g/mol. The Morgan fingerprint density at radius 3 is 2.69 bits per heavy atom. The summed E-state index contributed by atoms with van der Waals surface area (Å²) < 4.78 is 15.0. The molecule has 3 aliphatic carbocycles. The number of nitrogens with zero attached hydrogens (tertiary/aromatic N) is 2. The van der Waals surface area contributed by atoms with Crippen LogP contribution in [0.3, 0.4) is 0 Å². The van der Waals surface area contributed by atoms with Gasteiger partial charge in [-0.25, -0.2) is 4.39 Å². The first kappa shape index (κ1) is 22.0. The van der Waals surface area contributed by atoms with Gasteiger partial charge in [-0.1, -0.05) is 11.6 Å². The zero-order valence-electron chi connectivity index (χ0n) is 18.0. The van der Waals surface area contributed by atoms with Crippen molar-refractivity contribution < 1.29 is 14.3 Å². The maximum atomic E-state index is 13.5. The topological polar surface area (TPSA) is 93.2 Å². The molecule has 32 heavy (non-hydrogen) atoms. The average Bonchev–Trinajstić information content (AvgIpc) is 3.32. The molecule has 1 heterocycles. The quantitative estimate of drug-likeness (QED) is 0.565. The summed E-state index contributed by atoms with van der Waals surface area (Å²) in [6, 6.07) is 4.06. The maximum absolute atomic E-state index is 13.5. The fourth-order valence-electron chi connectivity index (χ4n) is 5.46. The molecule has 1 amide bonds. The number of fused-ring (bicyclic) bond motifs is 1. The monoisotopic (exact) mass is 478 g/mol. The Bertz CT molecular complexity index is 1040. The number of hydrogen-bond acceptors (Lipinski definition) is 5. The number of aromatic nitrogens is 2. The molecule has 2 atom stereocenters. The standard InChI is InChI=1S/C23H28ClFN4O2S/c1-29-21(26)19(22(30)27-15-2-5-18(25)17(24)8-15)20(28-29)12-6-13-9-23(31,10-14(13)7-12)11-32-16-3-4-16/h2,5,8,12-14,16,31H,3-4,6-7,9-11,26H2,1H3,(H,27,30). The molecule has 0 aliphatic heterocycles. The van der Waals surface area contributed by atoms with Crippen LogP contribution in [0.15, 0.2) is 18.2 Å². The molecule has 2 unspecified atom stereocenters. The van der Waals surface area contributed by atoms with Crippen LogP contribution in [0, 0.1) is 17.7 Å². The number of amides is 1. The second kappa shape index (κ2) is 8.22. The first-order chi connectivity index (χ1) is 15.2. The third-order valence-corrected chi connectivity index (χ3v) is 9.08. The lowest BCUT2D eigenvalue weighted by Crippen LogP contribution is -2.29. The lowest BCUT2D eigenvalue weighted by Gasteiger charge is -2.24. The van der Waals surface area contributed by atoms with Gasteiger partial charge in [0, 0.05) is 29.7 Å². The van der Waals surface area contributed by atoms with Crippen molar-refractivity contribution >= 4 is 40.8 Å². The number of carbonyl (C=O) groups excluding carboxylic acids is 1. The van der Waals surface area contributed by atoms with E-state index >= 15 is 0 Å². The van der Waals surface area contributed by atoms with Gasteiger partial charge in [-0.15, -0.1) is 0 Å². The highest BCUT2D eigenvalue weighted by molar-refractivity contribution is 8.00. The van der Waals surface area contributed by atoms with Gasteiger partial charge in [-0.2, -0.15) is 16.9 Å². The fourth-order valence-corrected chi connectivity index (χ4v) is 6.90. The van der Waals surface area contributed by atoms with Crippen molar-refractivity contribution in [2.45, 2.75) is 55.3 Å². The van der Waals surface area contributed by atoms with E-state index in [0.29, 0.717) is 34.6 Å². The number of aliphatic hydroxyl groups is 1. The SMILES string of the molecule is Cn1nc(C2CC3CC(O)(CSC4CC4)CC3C2)c(C(=O)Nc2ccc(F)c(Cl)c2)c1N. The lowest BCUT2D eigenvalue weighted by molar-refractivity contribution is 0.0629. The molecule has 0 saturated heterocycles. The van der Waals surface area contributed by atoms with Crippen molar-refractivity contribution in [3.05, 3.63) is 40.3 Å². The molecule has 6 nitrogen and oxygen atoms in total. The van der Waals surface area contributed by atoms with Gasteiger partial charge in [-0.3, -0.25) is 9.48 Å².